The van der Waals surface area contributed by atoms with Crippen molar-refractivity contribution in [3.8, 4) is 0 Å². The van der Waals surface area contributed by atoms with Crippen LogP contribution in [0.15, 0.2) is 12.3 Å². The lowest BCUT2D eigenvalue weighted by Gasteiger charge is -2.29. The first-order valence-corrected chi connectivity index (χ1v) is 8.41. The predicted molar refractivity (Wildman–Crippen MR) is 85.0 cm³/mol. The van der Waals surface area contributed by atoms with Gasteiger partial charge >= 0.3 is 0 Å². The maximum absolute atomic E-state index is 4.86. The predicted octanol–water partition coefficient (Wildman–Crippen LogP) is 3.96. The Labute approximate surface area is 124 Å². The van der Waals surface area contributed by atoms with E-state index in [2.05, 4.69) is 43.0 Å². The molecule has 3 heteroatoms. The van der Waals surface area contributed by atoms with Gasteiger partial charge in [-0.1, -0.05) is 40.0 Å². The Kier molecular flexibility index (Phi) is 5.64. The van der Waals surface area contributed by atoms with Gasteiger partial charge in [0.2, 0.25) is 0 Å². The molecule has 0 bridgehead atoms. The van der Waals surface area contributed by atoms with Crippen LogP contribution < -0.4 is 5.32 Å². The Morgan fingerprint density at radius 3 is 2.75 bits per heavy atom. The molecule has 1 heterocycles. The number of hydrogen-bond donors (Lipinski definition) is 1. The van der Waals surface area contributed by atoms with Crippen molar-refractivity contribution in [1.82, 2.24) is 15.1 Å². The molecule has 0 spiro atoms. The van der Waals surface area contributed by atoms with Crippen LogP contribution in [0.4, 0.5) is 0 Å². The highest BCUT2D eigenvalue weighted by Gasteiger charge is 2.25. The zero-order valence-electron chi connectivity index (χ0n) is 13.5. The van der Waals surface area contributed by atoms with Crippen LogP contribution in [0.2, 0.25) is 0 Å². The maximum atomic E-state index is 4.86. The van der Waals surface area contributed by atoms with Gasteiger partial charge in [0.25, 0.3) is 0 Å². The average Bonchev–Trinajstić information content (AvgIpc) is 3.07. The van der Waals surface area contributed by atoms with Gasteiger partial charge in [-0.15, -0.1) is 0 Å². The first kappa shape index (κ1) is 15.6. The lowest BCUT2D eigenvalue weighted by atomic mass is 9.81. The largest absolute Gasteiger partial charge is 0.316 e. The van der Waals surface area contributed by atoms with Crippen LogP contribution in [0.1, 0.15) is 71.0 Å². The molecule has 3 nitrogen and oxygen atoms in total. The van der Waals surface area contributed by atoms with Crippen LogP contribution >= 0.6 is 0 Å². The molecule has 0 amide bonds. The van der Waals surface area contributed by atoms with Crippen molar-refractivity contribution in [1.29, 1.82) is 0 Å². The van der Waals surface area contributed by atoms with E-state index in [0.717, 1.165) is 19.5 Å². The summed E-state index contributed by atoms with van der Waals surface area (Å²) in [5.74, 6) is 0. The second-order valence-corrected chi connectivity index (χ2v) is 6.74. The van der Waals surface area contributed by atoms with E-state index in [9.17, 15) is 0 Å². The van der Waals surface area contributed by atoms with E-state index in [-0.39, 0.29) is 0 Å². The molecule has 0 aliphatic heterocycles. The molecule has 114 valence electrons. The molecule has 2 rings (SSSR count). The molecule has 1 unspecified atom stereocenters. The highest BCUT2D eigenvalue weighted by Crippen LogP contribution is 2.30. The van der Waals surface area contributed by atoms with Gasteiger partial charge in [0.15, 0.2) is 0 Å². The third-order valence-corrected chi connectivity index (χ3v) is 4.63. The van der Waals surface area contributed by atoms with Gasteiger partial charge in [0.1, 0.15) is 0 Å². The summed E-state index contributed by atoms with van der Waals surface area (Å²) in [5, 5.41) is 8.38. The quantitative estimate of drug-likeness (QED) is 0.779. The molecule has 1 atom stereocenters. The van der Waals surface area contributed by atoms with E-state index in [1.165, 1.54) is 44.2 Å². The third-order valence-electron chi connectivity index (χ3n) is 4.63. The second-order valence-electron chi connectivity index (χ2n) is 6.74. The number of hydrogen-bond acceptors (Lipinski definition) is 2. The molecule has 1 saturated carbocycles. The first-order chi connectivity index (χ1) is 9.67. The van der Waals surface area contributed by atoms with Gasteiger partial charge in [0.05, 0.1) is 11.7 Å². The monoisotopic (exact) mass is 277 g/mol. The highest BCUT2D eigenvalue weighted by atomic mass is 15.3. The Morgan fingerprint density at radius 2 is 2.10 bits per heavy atom. The number of aromatic nitrogens is 2. The molecule has 0 saturated heterocycles. The minimum Gasteiger partial charge on any atom is -0.316 e. The molecule has 0 radical (unpaired) electrons. The Bertz CT molecular complexity index is 393. The summed E-state index contributed by atoms with van der Waals surface area (Å²) in [7, 11) is 0. The van der Waals surface area contributed by atoms with E-state index in [0.29, 0.717) is 11.5 Å². The Balaban J connectivity index is 1.98. The zero-order chi connectivity index (χ0) is 14.4. The van der Waals surface area contributed by atoms with Crippen LogP contribution in [-0.2, 0) is 6.42 Å². The van der Waals surface area contributed by atoms with Crippen LogP contribution in [0.25, 0.3) is 0 Å². The maximum Gasteiger partial charge on any atom is 0.0630 e. The summed E-state index contributed by atoms with van der Waals surface area (Å²) in [6.07, 6.45) is 11.1. The summed E-state index contributed by atoms with van der Waals surface area (Å²) < 4.78 is 2.22. The van der Waals surface area contributed by atoms with Gasteiger partial charge in [-0.05, 0) is 43.7 Å². The smallest absolute Gasteiger partial charge is 0.0630 e. The van der Waals surface area contributed by atoms with E-state index in [1.54, 1.807) is 0 Å². The highest BCUT2D eigenvalue weighted by molar-refractivity contribution is 5.04. The number of nitrogens with one attached hydrogen (secondary N) is 1. The summed E-state index contributed by atoms with van der Waals surface area (Å²) in [5.41, 5.74) is 1.60. The van der Waals surface area contributed by atoms with Crippen molar-refractivity contribution in [3.63, 3.8) is 0 Å². The molecular weight excluding hydrogens is 246 g/mol. The van der Waals surface area contributed by atoms with E-state index in [4.69, 9.17) is 5.10 Å². The minimum atomic E-state index is 0.333. The summed E-state index contributed by atoms with van der Waals surface area (Å²) in [4.78, 5) is 0. The van der Waals surface area contributed by atoms with E-state index >= 15 is 0 Å². The topological polar surface area (TPSA) is 29.9 Å². The fourth-order valence-electron chi connectivity index (χ4n) is 3.55. The van der Waals surface area contributed by atoms with Crippen molar-refractivity contribution >= 4 is 0 Å². The third kappa shape index (κ3) is 4.08. The molecule has 1 aromatic heterocycles. The lowest BCUT2D eigenvalue weighted by molar-refractivity contribution is 0.273. The number of nitrogens with zero attached hydrogens (tertiary/aromatic N) is 2. The van der Waals surface area contributed by atoms with Crippen molar-refractivity contribution in [3.05, 3.63) is 18.0 Å². The molecule has 1 fully saturated rings. The molecule has 0 aromatic carbocycles. The Morgan fingerprint density at radius 1 is 1.35 bits per heavy atom. The SMILES string of the molecule is CCCC(C)(CNCC)Cc1ccn(C2CCCC2)n1. The normalized spacial score (nSPS) is 19.4. The fraction of sp³-hybridized carbons (Fsp3) is 0.824. The molecular formula is C17H31N3. The van der Waals surface area contributed by atoms with Crippen LogP contribution in [0.3, 0.4) is 0 Å². The molecule has 1 N–H and O–H groups in total. The Hall–Kier alpha value is -0.830. The second kappa shape index (κ2) is 7.26. The zero-order valence-corrected chi connectivity index (χ0v) is 13.5. The standard InChI is InChI=1S/C17H31N3/c1-4-11-17(3,14-18-5-2)13-15-10-12-20(19-15)16-8-6-7-9-16/h10,12,16,18H,4-9,11,13-14H2,1-3H3. The van der Waals surface area contributed by atoms with Crippen molar-refractivity contribution in [2.75, 3.05) is 13.1 Å². The van der Waals surface area contributed by atoms with Crippen molar-refractivity contribution in [2.24, 2.45) is 5.41 Å². The van der Waals surface area contributed by atoms with Gasteiger partial charge in [-0.25, -0.2) is 0 Å². The van der Waals surface area contributed by atoms with Crippen LogP contribution in [0.5, 0.6) is 0 Å². The first-order valence-electron chi connectivity index (χ1n) is 8.41. The molecule has 1 aromatic rings. The van der Waals surface area contributed by atoms with Gasteiger partial charge in [0, 0.05) is 12.7 Å². The summed E-state index contributed by atoms with van der Waals surface area (Å²) in [6, 6.07) is 2.90. The minimum absolute atomic E-state index is 0.333. The van der Waals surface area contributed by atoms with E-state index in [1.807, 2.05) is 0 Å². The van der Waals surface area contributed by atoms with Crippen LogP contribution in [0, 0.1) is 5.41 Å². The fourth-order valence-corrected chi connectivity index (χ4v) is 3.55. The molecule has 1 aliphatic rings. The molecule has 1 aliphatic carbocycles. The summed E-state index contributed by atoms with van der Waals surface area (Å²) in [6.45, 7) is 9.00. The van der Waals surface area contributed by atoms with Gasteiger partial charge < -0.3 is 5.32 Å². The van der Waals surface area contributed by atoms with Crippen molar-refractivity contribution < 1.29 is 0 Å². The average molecular weight is 277 g/mol. The molecule has 20 heavy (non-hydrogen) atoms. The number of rotatable bonds is 8. The van der Waals surface area contributed by atoms with Crippen molar-refractivity contribution in [2.45, 2.75) is 71.8 Å². The van der Waals surface area contributed by atoms with Crippen LogP contribution in [-0.4, -0.2) is 22.9 Å². The van der Waals surface area contributed by atoms with Gasteiger partial charge in [-0.2, -0.15) is 5.10 Å². The van der Waals surface area contributed by atoms with E-state index < -0.39 is 0 Å². The lowest BCUT2D eigenvalue weighted by Crippen LogP contribution is -2.33. The summed E-state index contributed by atoms with van der Waals surface area (Å²) >= 11 is 0. The van der Waals surface area contributed by atoms with Gasteiger partial charge in [-0.3, -0.25) is 4.68 Å².